The van der Waals surface area contributed by atoms with Gasteiger partial charge in [0.15, 0.2) is 0 Å². The lowest BCUT2D eigenvalue weighted by Crippen LogP contribution is -2.31. The van der Waals surface area contributed by atoms with Gasteiger partial charge in [0.25, 0.3) is 0 Å². The van der Waals surface area contributed by atoms with Crippen LogP contribution in [0.4, 0.5) is 0 Å². The minimum Gasteiger partial charge on any atom is -0.359 e. The average molecular weight is 358 g/mol. The van der Waals surface area contributed by atoms with Crippen LogP contribution in [-0.4, -0.2) is 24.2 Å². The van der Waals surface area contributed by atoms with E-state index in [1.165, 1.54) is 5.56 Å². The second-order valence-electron chi connectivity index (χ2n) is 5.05. The molecule has 0 aromatic heterocycles. The monoisotopic (exact) mass is 358 g/mol. The number of nitrogens with one attached hydrogen (secondary N) is 1. The molecule has 0 spiro atoms. The van der Waals surface area contributed by atoms with E-state index in [0.717, 1.165) is 17.7 Å². The van der Waals surface area contributed by atoms with Crippen molar-refractivity contribution in [2.45, 2.75) is 32.2 Å². The molecule has 0 saturated heterocycles. The number of nitrogens with zero attached hydrogens (tertiary/aromatic N) is 1. The van der Waals surface area contributed by atoms with E-state index in [0.29, 0.717) is 6.42 Å². The molecule has 1 N–H and O–H groups in total. The number of rotatable bonds is 2. The summed E-state index contributed by atoms with van der Waals surface area (Å²) >= 11 is 0. The third-order valence-electron chi connectivity index (χ3n) is 3.00. The number of carbonyl (C=O) groups excluding carboxylic acids is 1. The van der Waals surface area contributed by atoms with E-state index in [9.17, 15) is 4.79 Å². The Hall–Kier alpha value is -0.910. The predicted octanol–water partition coefficient (Wildman–Crippen LogP) is 2.56. The van der Waals surface area contributed by atoms with E-state index in [4.69, 9.17) is 4.99 Å². The number of amides is 1. The van der Waals surface area contributed by atoms with E-state index in [2.05, 4.69) is 25.2 Å². The third kappa shape index (κ3) is 3.31. The van der Waals surface area contributed by atoms with E-state index in [-0.39, 0.29) is 35.4 Å². The number of halogens is 1. The first-order valence-electron chi connectivity index (χ1n) is 5.89. The zero-order valence-corrected chi connectivity index (χ0v) is 13.3. The zero-order valence-electron chi connectivity index (χ0n) is 11.0. The molecular weight excluding hydrogens is 339 g/mol. The summed E-state index contributed by atoms with van der Waals surface area (Å²) in [4.78, 5) is 16.2. The van der Waals surface area contributed by atoms with E-state index in [1.54, 1.807) is 7.05 Å². The van der Waals surface area contributed by atoms with Crippen molar-refractivity contribution in [2.75, 3.05) is 7.05 Å². The Labute approximate surface area is 125 Å². The van der Waals surface area contributed by atoms with Crippen molar-refractivity contribution in [3.8, 4) is 0 Å². The summed E-state index contributed by atoms with van der Waals surface area (Å²) in [6.45, 7) is 4.21. The largest absolute Gasteiger partial charge is 0.359 e. The first kappa shape index (κ1) is 15.1. The van der Waals surface area contributed by atoms with Gasteiger partial charge in [0, 0.05) is 7.05 Å². The average Bonchev–Trinajstić information content (AvgIpc) is 2.27. The van der Waals surface area contributed by atoms with Gasteiger partial charge in [-0.15, -0.1) is 24.0 Å². The lowest BCUT2D eigenvalue weighted by Gasteiger charge is -2.28. The van der Waals surface area contributed by atoms with E-state index in [1.807, 2.05) is 18.2 Å². The number of benzene rings is 1. The molecule has 1 aromatic carbocycles. The second kappa shape index (κ2) is 5.82. The van der Waals surface area contributed by atoms with Crippen LogP contribution < -0.4 is 5.32 Å². The molecule has 2 rings (SSSR count). The van der Waals surface area contributed by atoms with Crippen LogP contribution in [0.1, 0.15) is 31.4 Å². The zero-order chi connectivity index (χ0) is 12.5. The Balaban J connectivity index is 0.00000162. The lowest BCUT2D eigenvalue weighted by molar-refractivity contribution is -0.119. The van der Waals surface area contributed by atoms with Gasteiger partial charge in [-0.3, -0.25) is 9.79 Å². The van der Waals surface area contributed by atoms with Crippen molar-refractivity contribution in [1.82, 2.24) is 5.32 Å². The van der Waals surface area contributed by atoms with Crippen LogP contribution in [0.25, 0.3) is 0 Å². The van der Waals surface area contributed by atoms with Gasteiger partial charge in [0.1, 0.15) is 0 Å². The fraction of sp³-hybridized carbons (Fsp3) is 0.429. The highest BCUT2D eigenvalue weighted by Crippen LogP contribution is 2.27. The molecule has 0 bridgehead atoms. The lowest BCUT2D eigenvalue weighted by atomic mass is 9.86. The van der Waals surface area contributed by atoms with Crippen molar-refractivity contribution in [3.05, 3.63) is 35.4 Å². The molecule has 0 atom stereocenters. The van der Waals surface area contributed by atoms with Crippen LogP contribution in [0.2, 0.25) is 0 Å². The third-order valence-corrected chi connectivity index (χ3v) is 3.00. The SMILES string of the molecule is CNC(=O)CC1=NC(C)(C)Cc2ccccc21.I. The first-order chi connectivity index (χ1) is 8.02. The van der Waals surface area contributed by atoms with Crippen molar-refractivity contribution < 1.29 is 4.79 Å². The Morgan fingerprint density at radius 3 is 2.72 bits per heavy atom. The molecule has 1 aliphatic heterocycles. The molecule has 3 nitrogen and oxygen atoms in total. The van der Waals surface area contributed by atoms with Crippen LogP contribution in [0.15, 0.2) is 29.3 Å². The molecule has 0 radical (unpaired) electrons. The van der Waals surface area contributed by atoms with Crippen LogP contribution in [-0.2, 0) is 11.2 Å². The van der Waals surface area contributed by atoms with Crippen molar-refractivity contribution in [3.63, 3.8) is 0 Å². The van der Waals surface area contributed by atoms with E-state index >= 15 is 0 Å². The van der Waals surface area contributed by atoms with Gasteiger partial charge in [0.05, 0.1) is 17.7 Å². The molecular formula is C14H19IN2O. The normalized spacial score (nSPS) is 16.1. The highest BCUT2D eigenvalue weighted by Gasteiger charge is 2.26. The summed E-state index contributed by atoms with van der Waals surface area (Å²) in [6, 6.07) is 8.20. The fourth-order valence-electron chi connectivity index (χ4n) is 2.26. The summed E-state index contributed by atoms with van der Waals surface area (Å²) in [5.41, 5.74) is 3.19. The molecule has 98 valence electrons. The highest BCUT2D eigenvalue weighted by molar-refractivity contribution is 14.0. The predicted molar refractivity (Wildman–Crippen MR) is 84.9 cm³/mol. The molecule has 0 saturated carbocycles. The Kier molecular flexibility index (Phi) is 4.90. The number of fused-ring (bicyclic) bond motifs is 1. The first-order valence-corrected chi connectivity index (χ1v) is 5.89. The molecule has 1 heterocycles. The van der Waals surface area contributed by atoms with Gasteiger partial charge in [0.2, 0.25) is 5.91 Å². The summed E-state index contributed by atoms with van der Waals surface area (Å²) in [5, 5.41) is 2.65. The summed E-state index contributed by atoms with van der Waals surface area (Å²) in [7, 11) is 1.66. The Bertz CT molecular complexity index is 480. The van der Waals surface area contributed by atoms with Crippen molar-refractivity contribution in [1.29, 1.82) is 0 Å². The van der Waals surface area contributed by atoms with Gasteiger partial charge in [-0.2, -0.15) is 0 Å². The van der Waals surface area contributed by atoms with Crippen molar-refractivity contribution >= 4 is 35.6 Å². The van der Waals surface area contributed by atoms with Crippen LogP contribution in [0.3, 0.4) is 0 Å². The standard InChI is InChI=1S/C14H18N2O.HI/c1-14(2)9-10-6-4-5-7-11(10)12(16-14)8-13(17)15-3;/h4-7H,8-9H2,1-3H3,(H,15,17);1H. The fourth-order valence-corrected chi connectivity index (χ4v) is 2.26. The summed E-state index contributed by atoms with van der Waals surface area (Å²) in [5.74, 6) is 0.0104. The van der Waals surface area contributed by atoms with Gasteiger partial charge < -0.3 is 5.32 Å². The Morgan fingerprint density at radius 1 is 1.39 bits per heavy atom. The van der Waals surface area contributed by atoms with Gasteiger partial charge in [-0.1, -0.05) is 24.3 Å². The molecule has 0 aliphatic carbocycles. The molecule has 4 heteroatoms. The molecule has 1 aliphatic rings. The molecule has 18 heavy (non-hydrogen) atoms. The van der Waals surface area contributed by atoms with Gasteiger partial charge in [-0.25, -0.2) is 0 Å². The van der Waals surface area contributed by atoms with Crippen LogP contribution >= 0.6 is 24.0 Å². The van der Waals surface area contributed by atoms with Gasteiger partial charge >= 0.3 is 0 Å². The number of hydrogen-bond acceptors (Lipinski definition) is 2. The topological polar surface area (TPSA) is 41.5 Å². The summed E-state index contributed by atoms with van der Waals surface area (Å²) < 4.78 is 0. The molecule has 1 amide bonds. The summed E-state index contributed by atoms with van der Waals surface area (Å²) in [6.07, 6.45) is 1.29. The number of hydrogen-bond donors (Lipinski definition) is 1. The minimum atomic E-state index is -0.113. The highest BCUT2D eigenvalue weighted by atomic mass is 127. The maximum absolute atomic E-state index is 11.5. The second-order valence-corrected chi connectivity index (χ2v) is 5.05. The smallest absolute Gasteiger partial charge is 0.225 e. The van der Waals surface area contributed by atoms with Gasteiger partial charge in [-0.05, 0) is 31.4 Å². The molecule has 0 fully saturated rings. The quantitative estimate of drug-likeness (QED) is 0.812. The number of aliphatic imine (C=N–C) groups is 1. The maximum atomic E-state index is 11.5. The van der Waals surface area contributed by atoms with E-state index < -0.39 is 0 Å². The van der Waals surface area contributed by atoms with Crippen LogP contribution in [0.5, 0.6) is 0 Å². The maximum Gasteiger partial charge on any atom is 0.225 e. The molecule has 1 aromatic rings. The Morgan fingerprint density at radius 2 is 2.06 bits per heavy atom. The van der Waals surface area contributed by atoms with Crippen molar-refractivity contribution in [2.24, 2.45) is 4.99 Å². The molecule has 0 unspecified atom stereocenters. The van der Waals surface area contributed by atoms with Crippen LogP contribution in [0, 0.1) is 0 Å². The number of carbonyl (C=O) groups is 1. The minimum absolute atomic E-state index is 0.